The van der Waals surface area contributed by atoms with Gasteiger partial charge < -0.3 is 15.4 Å². The van der Waals surface area contributed by atoms with Crippen LogP contribution in [0.1, 0.15) is 37.0 Å². The number of carbonyl (C=O) groups is 1. The van der Waals surface area contributed by atoms with E-state index in [2.05, 4.69) is 17.6 Å². The number of amides is 1. The Balaban J connectivity index is 2.11. The van der Waals surface area contributed by atoms with E-state index in [1.807, 2.05) is 6.92 Å². The maximum atomic E-state index is 12.5. The first kappa shape index (κ1) is 16.1. The highest BCUT2D eigenvalue weighted by Crippen LogP contribution is 2.24. The second kappa shape index (κ2) is 7.66. The van der Waals surface area contributed by atoms with Crippen LogP contribution >= 0.6 is 11.6 Å². The van der Waals surface area contributed by atoms with Gasteiger partial charge in [0.1, 0.15) is 5.75 Å². The number of hydrogen-bond donors (Lipinski definition) is 2. The lowest BCUT2D eigenvalue weighted by Gasteiger charge is -2.30. The predicted molar refractivity (Wildman–Crippen MR) is 85.1 cm³/mol. The van der Waals surface area contributed by atoms with Gasteiger partial charge in [-0.05, 0) is 50.0 Å². The van der Waals surface area contributed by atoms with E-state index in [0.29, 0.717) is 28.9 Å². The molecular formula is C16H23ClN2O2. The van der Waals surface area contributed by atoms with Crippen LogP contribution in [0.4, 0.5) is 0 Å². The van der Waals surface area contributed by atoms with Crippen molar-refractivity contribution in [3.05, 3.63) is 28.8 Å². The molecule has 2 atom stereocenters. The molecule has 0 bridgehead atoms. The maximum Gasteiger partial charge on any atom is 0.255 e. The van der Waals surface area contributed by atoms with Gasteiger partial charge in [0.25, 0.3) is 5.91 Å². The number of halogens is 1. The molecule has 21 heavy (non-hydrogen) atoms. The SMILES string of the molecule is CCCOc1ccc(Cl)cc1C(=O)NC1CCNCC1C. The Labute approximate surface area is 131 Å². The monoisotopic (exact) mass is 310 g/mol. The van der Waals surface area contributed by atoms with E-state index in [1.165, 1.54) is 0 Å². The molecule has 1 fully saturated rings. The average molecular weight is 311 g/mol. The largest absolute Gasteiger partial charge is 0.493 e. The molecule has 1 aromatic rings. The van der Waals surface area contributed by atoms with E-state index in [4.69, 9.17) is 16.3 Å². The predicted octanol–water partition coefficient (Wildman–Crippen LogP) is 2.86. The minimum Gasteiger partial charge on any atom is -0.493 e. The van der Waals surface area contributed by atoms with Crippen LogP contribution in [0.25, 0.3) is 0 Å². The van der Waals surface area contributed by atoms with Crippen molar-refractivity contribution >= 4 is 17.5 Å². The summed E-state index contributed by atoms with van der Waals surface area (Å²) in [5, 5.41) is 6.98. The molecule has 0 aliphatic carbocycles. The third-order valence-electron chi connectivity index (χ3n) is 3.75. The zero-order chi connectivity index (χ0) is 15.2. The van der Waals surface area contributed by atoms with Crippen molar-refractivity contribution in [2.24, 2.45) is 5.92 Å². The van der Waals surface area contributed by atoms with E-state index in [1.54, 1.807) is 18.2 Å². The number of benzene rings is 1. The molecule has 0 saturated carbocycles. The maximum absolute atomic E-state index is 12.5. The number of piperidine rings is 1. The lowest BCUT2D eigenvalue weighted by Crippen LogP contribution is -2.48. The Morgan fingerprint density at radius 2 is 2.33 bits per heavy atom. The van der Waals surface area contributed by atoms with Gasteiger partial charge in [0.2, 0.25) is 0 Å². The summed E-state index contributed by atoms with van der Waals surface area (Å²) in [5.41, 5.74) is 0.515. The number of hydrogen-bond acceptors (Lipinski definition) is 3. The molecule has 1 aromatic carbocycles. The fraction of sp³-hybridized carbons (Fsp3) is 0.562. The lowest BCUT2D eigenvalue weighted by atomic mass is 9.95. The van der Waals surface area contributed by atoms with Crippen molar-refractivity contribution in [1.82, 2.24) is 10.6 Å². The van der Waals surface area contributed by atoms with Gasteiger partial charge in [0, 0.05) is 11.1 Å². The number of ether oxygens (including phenoxy) is 1. The van der Waals surface area contributed by atoms with Crippen LogP contribution in [-0.2, 0) is 0 Å². The number of nitrogens with one attached hydrogen (secondary N) is 2. The molecule has 5 heteroatoms. The third-order valence-corrected chi connectivity index (χ3v) is 3.98. The highest BCUT2D eigenvalue weighted by atomic mass is 35.5. The Bertz CT molecular complexity index is 493. The summed E-state index contributed by atoms with van der Waals surface area (Å²) in [6.45, 7) is 6.63. The van der Waals surface area contributed by atoms with E-state index >= 15 is 0 Å². The van der Waals surface area contributed by atoms with Crippen LogP contribution in [0.2, 0.25) is 5.02 Å². The van der Waals surface area contributed by atoms with Gasteiger partial charge in [-0.15, -0.1) is 0 Å². The van der Waals surface area contributed by atoms with Crippen molar-refractivity contribution in [2.45, 2.75) is 32.7 Å². The minimum atomic E-state index is -0.109. The Kier molecular flexibility index (Phi) is 5.88. The summed E-state index contributed by atoms with van der Waals surface area (Å²) >= 11 is 6.02. The van der Waals surface area contributed by atoms with Crippen molar-refractivity contribution in [1.29, 1.82) is 0 Å². The van der Waals surface area contributed by atoms with Crippen molar-refractivity contribution in [3.63, 3.8) is 0 Å². The van der Waals surface area contributed by atoms with Crippen molar-refractivity contribution in [2.75, 3.05) is 19.7 Å². The lowest BCUT2D eigenvalue weighted by molar-refractivity contribution is 0.0910. The second-order valence-corrected chi connectivity index (χ2v) is 5.98. The Morgan fingerprint density at radius 3 is 3.05 bits per heavy atom. The Hall–Kier alpha value is -1.26. The van der Waals surface area contributed by atoms with Gasteiger partial charge in [-0.3, -0.25) is 4.79 Å². The normalized spacial score (nSPS) is 21.9. The molecule has 2 N–H and O–H groups in total. The molecule has 116 valence electrons. The van der Waals surface area contributed by atoms with Crippen molar-refractivity contribution in [3.8, 4) is 5.75 Å². The smallest absolute Gasteiger partial charge is 0.255 e. The number of carbonyl (C=O) groups excluding carboxylic acids is 1. The number of rotatable bonds is 5. The second-order valence-electron chi connectivity index (χ2n) is 5.54. The van der Waals surface area contributed by atoms with Crippen LogP contribution < -0.4 is 15.4 Å². The van der Waals surface area contributed by atoms with Gasteiger partial charge in [-0.25, -0.2) is 0 Å². The van der Waals surface area contributed by atoms with E-state index < -0.39 is 0 Å². The van der Waals surface area contributed by atoms with E-state index in [9.17, 15) is 4.79 Å². The molecule has 0 radical (unpaired) electrons. The zero-order valence-corrected chi connectivity index (χ0v) is 13.4. The first-order chi connectivity index (χ1) is 10.1. The molecule has 2 unspecified atom stereocenters. The summed E-state index contributed by atoms with van der Waals surface area (Å²) in [4.78, 5) is 12.5. The standard InChI is InChI=1S/C16H23ClN2O2/c1-3-8-21-15-5-4-12(17)9-13(15)16(20)19-14-6-7-18-10-11(14)2/h4-5,9,11,14,18H,3,6-8,10H2,1-2H3,(H,19,20). The molecule has 1 aliphatic heterocycles. The van der Waals surface area contributed by atoms with Crippen molar-refractivity contribution < 1.29 is 9.53 Å². The molecule has 1 amide bonds. The quantitative estimate of drug-likeness (QED) is 0.879. The van der Waals surface area contributed by atoms with Crippen LogP contribution in [-0.4, -0.2) is 31.6 Å². The first-order valence-electron chi connectivity index (χ1n) is 7.55. The Morgan fingerprint density at radius 1 is 1.52 bits per heavy atom. The highest BCUT2D eigenvalue weighted by molar-refractivity contribution is 6.31. The van der Waals surface area contributed by atoms with Crippen LogP contribution in [0.5, 0.6) is 5.75 Å². The molecule has 4 nitrogen and oxygen atoms in total. The van der Waals surface area contributed by atoms with Gasteiger partial charge >= 0.3 is 0 Å². The molecule has 1 heterocycles. The first-order valence-corrected chi connectivity index (χ1v) is 7.93. The molecule has 1 aliphatic rings. The summed E-state index contributed by atoms with van der Waals surface area (Å²) in [7, 11) is 0. The van der Waals surface area contributed by atoms with Gasteiger partial charge in [-0.2, -0.15) is 0 Å². The summed E-state index contributed by atoms with van der Waals surface area (Å²) in [6.07, 6.45) is 1.84. The molecule has 1 saturated heterocycles. The third kappa shape index (κ3) is 4.35. The minimum absolute atomic E-state index is 0.109. The average Bonchev–Trinajstić information content (AvgIpc) is 2.48. The van der Waals surface area contributed by atoms with Crippen LogP contribution in [0.15, 0.2) is 18.2 Å². The molecule has 2 rings (SSSR count). The fourth-order valence-corrected chi connectivity index (χ4v) is 2.66. The highest BCUT2D eigenvalue weighted by Gasteiger charge is 2.24. The van der Waals surface area contributed by atoms with Crippen LogP contribution in [0, 0.1) is 5.92 Å². The summed E-state index contributed by atoms with van der Waals surface area (Å²) in [6, 6.07) is 5.37. The van der Waals surface area contributed by atoms with Crippen LogP contribution in [0.3, 0.4) is 0 Å². The topological polar surface area (TPSA) is 50.4 Å². The van der Waals surface area contributed by atoms with E-state index in [-0.39, 0.29) is 11.9 Å². The van der Waals surface area contributed by atoms with Gasteiger partial charge in [0.05, 0.1) is 12.2 Å². The molecular weight excluding hydrogens is 288 g/mol. The molecule has 0 spiro atoms. The zero-order valence-electron chi connectivity index (χ0n) is 12.6. The molecule has 0 aromatic heterocycles. The fourth-order valence-electron chi connectivity index (χ4n) is 2.49. The summed E-state index contributed by atoms with van der Waals surface area (Å²) in [5.74, 6) is 0.907. The van der Waals surface area contributed by atoms with E-state index in [0.717, 1.165) is 25.9 Å². The van der Waals surface area contributed by atoms with Gasteiger partial charge in [0.15, 0.2) is 0 Å². The van der Waals surface area contributed by atoms with Gasteiger partial charge in [-0.1, -0.05) is 25.4 Å². The summed E-state index contributed by atoms with van der Waals surface area (Å²) < 4.78 is 5.65.